The lowest BCUT2D eigenvalue weighted by Gasteiger charge is -2.08. The van der Waals surface area contributed by atoms with Gasteiger partial charge in [0.2, 0.25) is 11.8 Å². The first-order valence-electron chi connectivity index (χ1n) is 9.63. The molecule has 1 N–H and O–H groups in total. The minimum atomic E-state index is -0.341. The minimum Gasteiger partial charge on any atom is -0.337 e. The van der Waals surface area contributed by atoms with Gasteiger partial charge in [-0.05, 0) is 54.8 Å². The summed E-state index contributed by atoms with van der Waals surface area (Å²) in [6.07, 6.45) is 2.59. The standard InChI is InChI=1S/C24H20FN3O2/c1-16-6-5-15-26-22(16)21-23(18-10-12-19(25)13-11-18)28-30-24(21)27-20(29)14-9-17-7-3-2-4-8-17/h2-8,10-13,15H,9,14H2,1H3,(H,27,29). The molecular weight excluding hydrogens is 381 g/mol. The van der Waals surface area contributed by atoms with Gasteiger partial charge in [-0.2, -0.15) is 0 Å². The van der Waals surface area contributed by atoms with E-state index in [0.717, 1.165) is 11.1 Å². The zero-order valence-electron chi connectivity index (χ0n) is 16.4. The van der Waals surface area contributed by atoms with Crippen LogP contribution in [0, 0.1) is 12.7 Å². The second-order valence-electron chi connectivity index (χ2n) is 6.94. The summed E-state index contributed by atoms with van der Waals surface area (Å²) in [7, 11) is 0. The molecule has 4 aromatic rings. The number of carbonyl (C=O) groups excluding carboxylic acids is 1. The van der Waals surface area contributed by atoms with Crippen molar-refractivity contribution in [1.29, 1.82) is 0 Å². The molecular formula is C24H20FN3O2. The van der Waals surface area contributed by atoms with E-state index in [1.54, 1.807) is 18.3 Å². The molecule has 0 aliphatic rings. The Morgan fingerprint density at radius 1 is 1.00 bits per heavy atom. The molecule has 0 spiro atoms. The first-order chi connectivity index (χ1) is 14.6. The van der Waals surface area contributed by atoms with Gasteiger partial charge in [-0.15, -0.1) is 0 Å². The predicted molar refractivity (Wildman–Crippen MR) is 113 cm³/mol. The number of carbonyl (C=O) groups is 1. The lowest BCUT2D eigenvalue weighted by Crippen LogP contribution is -2.12. The number of nitrogens with zero attached hydrogens (tertiary/aromatic N) is 2. The summed E-state index contributed by atoms with van der Waals surface area (Å²) in [6, 6.07) is 19.5. The van der Waals surface area contributed by atoms with E-state index in [4.69, 9.17) is 4.52 Å². The fraction of sp³-hybridized carbons (Fsp3) is 0.125. The van der Waals surface area contributed by atoms with Gasteiger partial charge in [0.25, 0.3) is 0 Å². The zero-order valence-corrected chi connectivity index (χ0v) is 16.4. The first-order valence-corrected chi connectivity index (χ1v) is 9.63. The Morgan fingerprint density at radius 3 is 2.50 bits per heavy atom. The van der Waals surface area contributed by atoms with E-state index in [1.165, 1.54) is 12.1 Å². The molecule has 150 valence electrons. The van der Waals surface area contributed by atoms with E-state index >= 15 is 0 Å². The predicted octanol–water partition coefficient (Wildman–Crippen LogP) is 5.42. The Labute approximate surface area is 173 Å². The number of halogens is 1. The number of hydrogen-bond donors (Lipinski definition) is 1. The van der Waals surface area contributed by atoms with Crippen LogP contribution in [0.3, 0.4) is 0 Å². The van der Waals surface area contributed by atoms with Gasteiger partial charge in [0.15, 0.2) is 0 Å². The minimum absolute atomic E-state index is 0.185. The summed E-state index contributed by atoms with van der Waals surface area (Å²) < 4.78 is 18.9. The highest BCUT2D eigenvalue weighted by atomic mass is 19.1. The van der Waals surface area contributed by atoms with E-state index in [0.29, 0.717) is 35.4 Å². The third kappa shape index (κ3) is 4.27. The van der Waals surface area contributed by atoms with Crippen LogP contribution in [0.25, 0.3) is 22.5 Å². The number of aromatic nitrogens is 2. The molecule has 0 fully saturated rings. The normalized spacial score (nSPS) is 10.7. The van der Waals surface area contributed by atoms with Crippen LogP contribution in [0.2, 0.25) is 0 Å². The van der Waals surface area contributed by atoms with Gasteiger partial charge >= 0.3 is 0 Å². The molecule has 0 bridgehead atoms. The van der Waals surface area contributed by atoms with Crippen LogP contribution in [0.4, 0.5) is 10.3 Å². The number of hydrogen-bond acceptors (Lipinski definition) is 4. The van der Waals surface area contributed by atoms with Crippen molar-refractivity contribution >= 4 is 11.8 Å². The maximum Gasteiger partial charge on any atom is 0.241 e. The smallest absolute Gasteiger partial charge is 0.241 e. The average Bonchev–Trinajstić information content (AvgIpc) is 3.17. The zero-order chi connectivity index (χ0) is 20.9. The van der Waals surface area contributed by atoms with E-state index in [9.17, 15) is 9.18 Å². The van der Waals surface area contributed by atoms with Crippen molar-refractivity contribution in [2.75, 3.05) is 5.32 Å². The van der Waals surface area contributed by atoms with Crippen LogP contribution in [-0.2, 0) is 11.2 Å². The summed E-state index contributed by atoms with van der Waals surface area (Å²) in [6.45, 7) is 1.92. The number of rotatable bonds is 6. The second kappa shape index (κ2) is 8.69. The molecule has 2 aromatic heterocycles. The van der Waals surface area contributed by atoms with Gasteiger partial charge in [0, 0.05) is 18.2 Å². The van der Waals surface area contributed by atoms with Gasteiger partial charge in [0.1, 0.15) is 11.5 Å². The summed E-state index contributed by atoms with van der Waals surface area (Å²) in [4.78, 5) is 17.0. The molecule has 0 saturated carbocycles. The van der Waals surface area contributed by atoms with Gasteiger partial charge in [0.05, 0.1) is 11.3 Å². The number of amides is 1. The molecule has 1 amide bonds. The van der Waals surface area contributed by atoms with E-state index < -0.39 is 0 Å². The Hall–Kier alpha value is -3.80. The highest BCUT2D eigenvalue weighted by molar-refractivity contribution is 5.97. The molecule has 0 aliphatic carbocycles. The molecule has 0 radical (unpaired) electrons. The highest BCUT2D eigenvalue weighted by Gasteiger charge is 2.23. The average molecular weight is 401 g/mol. The number of nitrogens with one attached hydrogen (secondary N) is 1. The molecule has 6 heteroatoms. The van der Waals surface area contributed by atoms with Crippen molar-refractivity contribution < 1.29 is 13.7 Å². The maximum atomic E-state index is 13.4. The van der Waals surface area contributed by atoms with Crippen molar-refractivity contribution in [2.45, 2.75) is 19.8 Å². The molecule has 0 unspecified atom stereocenters. The van der Waals surface area contributed by atoms with Crippen molar-refractivity contribution in [3.05, 3.63) is 89.9 Å². The Kier molecular flexibility index (Phi) is 5.66. The fourth-order valence-electron chi connectivity index (χ4n) is 3.24. The van der Waals surface area contributed by atoms with Gasteiger partial charge in [-0.1, -0.05) is 41.6 Å². The summed E-state index contributed by atoms with van der Waals surface area (Å²) >= 11 is 0. The molecule has 2 aromatic carbocycles. The van der Waals surface area contributed by atoms with Crippen molar-refractivity contribution in [3.8, 4) is 22.5 Å². The summed E-state index contributed by atoms with van der Waals surface area (Å²) in [5.74, 6) is -0.295. The molecule has 0 saturated heterocycles. The van der Waals surface area contributed by atoms with E-state index in [1.807, 2.05) is 49.4 Å². The Bertz CT molecular complexity index is 1150. The molecule has 5 nitrogen and oxygen atoms in total. The number of aryl methyl sites for hydroxylation is 2. The second-order valence-corrected chi connectivity index (χ2v) is 6.94. The van der Waals surface area contributed by atoms with Crippen LogP contribution in [0.1, 0.15) is 17.5 Å². The third-order valence-electron chi connectivity index (χ3n) is 4.79. The van der Waals surface area contributed by atoms with Crippen molar-refractivity contribution in [2.24, 2.45) is 0 Å². The number of pyridine rings is 1. The largest absolute Gasteiger partial charge is 0.337 e. The Morgan fingerprint density at radius 2 is 1.77 bits per heavy atom. The van der Waals surface area contributed by atoms with Crippen LogP contribution < -0.4 is 5.32 Å². The number of benzene rings is 2. The topological polar surface area (TPSA) is 68.0 Å². The SMILES string of the molecule is Cc1cccnc1-c1c(-c2ccc(F)cc2)noc1NC(=O)CCc1ccccc1. The summed E-state index contributed by atoms with van der Waals surface area (Å²) in [5, 5.41) is 6.98. The van der Waals surface area contributed by atoms with Gasteiger partial charge < -0.3 is 4.52 Å². The highest BCUT2D eigenvalue weighted by Crippen LogP contribution is 2.38. The van der Waals surface area contributed by atoms with Crippen LogP contribution >= 0.6 is 0 Å². The first kappa shape index (κ1) is 19.5. The lowest BCUT2D eigenvalue weighted by atomic mass is 10.0. The maximum absolute atomic E-state index is 13.4. The van der Waals surface area contributed by atoms with Gasteiger partial charge in [-0.3, -0.25) is 15.1 Å². The lowest BCUT2D eigenvalue weighted by molar-refractivity contribution is -0.116. The molecule has 2 heterocycles. The Balaban J connectivity index is 1.65. The molecule has 30 heavy (non-hydrogen) atoms. The molecule has 0 aliphatic heterocycles. The van der Waals surface area contributed by atoms with E-state index in [-0.39, 0.29) is 17.6 Å². The van der Waals surface area contributed by atoms with Crippen LogP contribution in [0.15, 0.2) is 77.4 Å². The van der Waals surface area contributed by atoms with Crippen molar-refractivity contribution in [1.82, 2.24) is 10.1 Å². The molecule has 4 rings (SSSR count). The van der Waals surface area contributed by atoms with Crippen LogP contribution in [-0.4, -0.2) is 16.0 Å². The molecule has 0 atom stereocenters. The van der Waals surface area contributed by atoms with E-state index in [2.05, 4.69) is 15.5 Å². The number of anilines is 1. The summed E-state index contributed by atoms with van der Waals surface area (Å²) in [5.41, 5.74) is 4.38. The van der Waals surface area contributed by atoms with Crippen molar-refractivity contribution in [3.63, 3.8) is 0 Å². The third-order valence-corrected chi connectivity index (χ3v) is 4.79. The van der Waals surface area contributed by atoms with Gasteiger partial charge in [-0.25, -0.2) is 4.39 Å². The van der Waals surface area contributed by atoms with Crippen LogP contribution in [0.5, 0.6) is 0 Å². The monoisotopic (exact) mass is 401 g/mol. The fourth-order valence-corrected chi connectivity index (χ4v) is 3.24. The quantitative estimate of drug-likeness (QED) is 0.468.